The van der Waals surface area contributed by atoms with Gasteiger partial charge in [-0.15, -0.1) is 0 Å². The van der Waals surface area contributed by atoms with E-state index in [9.17, 15) is 0 Å². The molecule has 0 saturated heterocycles. The van der Waals surface area contributed by atoms with Crippen molar-refractivity contribution in [3.05, 3.63) is 18.2 Å². The van der Waals surface area contributed by atoms with Crippen molar-refractivity contribution in [2.75, 3.05) is 6.61 Å². The van der Waals surface area contributed by atoms with Crippen LogP contribution in [0.1, 0.15) is 24.6 Å². The molecule has 3 N–H and O–H groups in total. The fourth-order valence-corrected chi connectivity index (χ4v) is 1.39. The normalized spacial score (nSPS) is 18.9. The van der Waals surface area contributed by atoms with Gasteiger partial charge in [-0.25, -0.2) is 4.98 Å². The fourth-order valence-electron chi connectivity index (χ4n) is 1.39. The zero-order valence-corrected chi connectivity index (χ0v) is 7.56. The third-order valence-electron chi connectivity index (χ3n) is 2.33. The molecular weight excluding hydrogens is 166 g/mol. The van der Waals surface area contributed by atoms with E-state index in [2.05, 4.69) is 9.55 Å². The predicted molar refractivity (Wildman–Crippen MR) is 49.3 cm³/mol. The van der Waals surface area contributed by atoms with Gasteiger partial charge in [0.25, 0.3) is 0 Å². The van der Waals surface area contributed by atoms with Crippen LogP contribution in [0.25, 0.3) is 0 Å². The molecule has 4 heteroatoms. The lowest BCUT2D eigenvalue weighted by Gasteiger charge is -2.03. The maximum atomic E-state index is 8.76. The van der Waals surface area contributed by atoms with Crippen molar-refractivity contribution in [2.24, 2.45) is 5.73 Å². The van der Waals surface area contributed by atoms with Crippen LogP contribution < -0.4 is 5.73 Å². The number of rotatable bonds is 4. The lowest BCUT2D eigenvalue weighted by Crippen LogP contribution is -2.26. The minimum atomic E-state index is -0.178. The fraction of sp³-hybridized carbons (Fsp3) is 0.667. The highest BCUT2D eigenvalue weighted by Gasteiger charge is 2.23. The van der Waals surface area contributed by atoms with E-state index in [1.807, 2.05) is 12.5 Å². The standard InChI is InChI=1S/C9H15N3O/c10-7(5-13)3-8-4-12(6-11-8)9-1-2-9/h4,6-7,9,13H,1-3,5,10H2/t7-/m1/s1. The third kappa shape index (κ3) is 2.08. The van der Waals surface area contributed by atoms with E-state index >= 15 is 0 Å². The Balaban J connectivity index is 1.96. The Morgan fingerprint density at radius 1 is 1.69 bits per heavy atom. The van der Waals surface area contributed by atoms with Crippen molar-refractivity contribution in [3.8, 4) is 0 Å². The summed E-state index contributed by atoms with van der Waals surface area (Å²) in [5.74, 6) is 0. The highest BCUT2D eigenvalue weighted by molar-refractivity contribution is 5.02. The SMILES string of the molecule is N[C@@H](CO)Cc1cn(C2CC2)cn1. The Labute approximate surface area is 77.4 Å². The Morgan fingerprint density at radius 3 is 3.08 bits per heavy atom. The molecule has 1 fully saturated rings. The molecule has 0 amide bonds. The summed E-state index contributed by atoms with van der Waals surface area (Å²) in [7, 11) is 0. The molecule has 1 aromatic rings. The maximum Gasteiger partial charge on any atom is 0.0951 e. The number of hydrogen-bond donors (Lipinski definition) is 2. The van der Waals surface area contributed by atoms with Crippen molar-refractivity contribution >= 4 is 0 Å². The van der Waals surface area contributed by atoms with Crippen LogP contribution in [0.2, 0.25) is 0 Å². The van der Waals surface area contributed by atoms with Crippen LogP contribution in [0, 0.1) is 0 Å². The summed E-state index contributed by atoms with van der Waals surface area (Å²) in [6, 6.07) is 0.495. The monoisotopic (exact) mass is 181 g/mol. The van der Waals surface area contributed by atoms with E-state index in [0.717, 1.165) is 5.69 Å². The highest BCUT2D eigenvalue weighted by Crippen LogP contribution is 2.34. The first-order chi connectivity index (χ1) is 6.29. The van der Waals surface area contributed by atoms with Crippen molar-refractivity contribution in [1.82, 2.24) is 9.55 Å². The van der Waals surface area contributed by atoms with Gasteiger partial charge in [0, 0.05) is 24.7 Å². The average molecular weight is 181 g/mol. The molecule has 1 saturated carbocycles. The molecule has 72 valence electrons. The smallest absolute Gasteiger partial charge is 0.0951 e. The number of imidazole rings is 1. The third-order valence-corrected chi connectivity index (χ3v) is 2.33. The number of hydrogen-bond acceptors (Lipinski definition) is 3. The highest BCUT2D eigenvalue weighted by atomic mass is 16.3. The largest absolute Gasteiger partial charge is 0.395 e. The molecule has 0 aliphatic heterocycles. The number of aromatic nitrogens is 2. The molecule has 0 aromatic carbocycles. The van der Waals surface area contributed by atoms with Crippen LogP contribution in [0.4, 0.5) is 0 Å². The number of nitrogens with two attached hydrogens (primary N) is 1. The van der Waals surface area contributed by atoms with E-state index in [0.29, 0.717) is 12.5 Å². The molecule has 1 aliphatic carbocycles. The molecule has 13 heavy (non-hydrogen) atoms. The summed E-state index contributed by atoms with van der Waals surface area (Å²) in [4.78, 5) is 4.24. The first-order valence-corrected chi connectivity index (χ1v) is 4.68. The topological polar surface area (TPSA) is 64.1 Å². The van der Waals surface area contributed by atoms with Gasteiger partial charge in [-0.1, -0.05) is 0 Å². The lowest BCUT2D eigenvalue weighted by atomic mass is 10.2. The second-order valence-corrected chi connectivity index (χ2v) is 3.69. The Bertz CT molecular complexity index is 280. The van der Waals surface area contributed by atoms with Crippen LogP contribution in [0.15, 0.2) is 12.5 Å². The van der Waals surface area contributed by atoms with E-state index in [-0.39, 0.29) is 12.6 Å². The van der Waals surface area contributed by atoms with Gasteiger partial charge in [0.2, 0.25) is 0 Å². The molecule has 1 aromatic heterocycles. The molecule has 1 atom stereocenters. The first-order valence-electron chi connectivity index (χ1n) is 4.68. The van der Waals surface area contributed by atoms with Crippen LogP contribution in [-0.4, -0.2) is 27.3 Å². The van der Waals surface area contributed by atoms with Crippen LogP contribution >= 0.6 is 0 Å². The zero-order valence-electron chi connectivity index (χ0n) is 7.56. The van der Waals surface area contributed by atoms with E-state index in [4.69, 9.17) is 10.8 Å². The Hall–Kier alpha value is -0.870. The van der Waals surface area contributed by atoms with Crippen LogP contribution in [0.3, 0.4) is 0 Å². The van der Waals surface area contributed by atoms with Gasteiger partial charge in [0.1, 0.15) is 0 Å². The van der Waals surface area contributed by atoms with Crippen LogP contribution in [-0.2, 0) is 6.42 Å². The number of nitrogens with zero attached hydrogens (tertiary/aromatic N) is 2. The Kier molecular flexibility index (Phi) is 2.33. The molecule has 0 bridgehead atoms. The van der Waals surface area contributed by atoms with Crippen LogP contribution in [0.5, 0.6) is 0 Å². The molecule has 2 rings (SSSR count). The van der Waals surface area contributed by atoms with Gasteiger partial charge in [0.05, 0.1) is 18.6 Å². The molecule has 4 nitrogen and oxygen atoms in total. The average Bonchev–Trinajstić information content (AvgIpc) is 2.88. The maximum absolute atomic E-state index is 8.76. The van der Waals surface area contributed by atoms with Gasteiger partial charge in [0.15, 0.2) is 0 Å². The van der Waals surface area contributed by atoms with Gasteiger partial charge in [-0.05, 0) is 12.8 Å². The van der Waals surface area contributed by atoms with E-state index in [1.165, 1.54) is 12.8 Å². The first kappa shape index (κ1) is 8.72. The summed E-state index contributed by atoms with van der Waals surface area (Å²) in [5.41, 5.74) is 6.59. The van der Waals surface area contributed by atoms with E-state index in [1.54, 1.807) is 0 Å². The molecule has 1 aliphatic rings. The summed E-state index contributed by atoms with van der Waals surface area (Å²) < 4.78 is 2.14. The second kappa shape index (κ2) is 3.47. The van der Waals surface area contributed by atoms with Gasteiger partial charge >= 0.3 is 0 Å². The predicted octanol–water partition coefficient (Wildman–Crippen LogP) is 0.0801. The van der Waals surface area contributed by atoms with Crippen molar-refractivity contribution in [3.63, 3.8) is 0 Å². The lowest BCUT2D eigenvalue weighted by molar-refractivity contribution is 0.264. The van der Waals surface area contributed by atoms with Crippen molar-refractivity contribution < 1.29 is 5.11 Å². The quantitative estimate of drug-likeness (QED) is 0.691. The minimum Gasteiger partial charge on any atom is -0.395 e. The van der Waals surface area contributed by atoms with E-state index < -0.39 is 0 Å². The van der Waals surface area contributed by atoms with Gasteiger partial charge in [-0.3, -0.25) is 0 Å². The summed E-state index contributed by atoms with van der Waals surface area (Å²) in [5, 5.41) is 8.76. The number of aliphatic hydroxyl groups excluding tert-OH is 1. The number of aliphatic hydroxyl groups is 1. The van der Waals surface area contributed by atoms with Crippen molar-refractivity contribution in [2.45, 2.75) is 31.3 Å². The van der Waals surface area contributed by atoms with Gasteiger partial charge < -0.3 is 15.4 Å². The Morgan fingerprint density at radius 2 is 2.46 bits per heavy atom. The summed E-state index contributed by atoms with van der Waals surface area (Å²) in [6.45, 7) is 0.0241. The van der Waals surface area contributed by atoms with Gasteiger partial charge in [-0.2, -0.15) is 0 Å². The summed E-state index contributed by atoms with van der Waals surface area (Å²) >= 11 is 0. The van der Waals surface area contributed by atoms with Crippen molar-refractivity contribution in [1.29, 1.82) is 0 Å². The molecule has 0 radical (unpaired) electrons. The molecule has 1 heterocycles. The molecular formula is C9H15N3O. The molecule has 0 spiro atoms. The zero-order chi connectivity index (χ0) is 9.26. The summed E-state index contributed by atoms with van der Waals surface area (Å²) in [6.07, 6.45) is 7.09. The molecule has 0 unspecified atom stereocenters. The second-order valence-electron chi connectivity index (χ2n) is 3.69. The minimum absolute atomic E-state index is 0.0241.